The number of benzene rings is 2. The van der Waals surface area contributed by atoms with Crippen molar-refractivity contribution in [2.45, 2.75) is 20.4 Å². The molecule has 0 radical (unpaired) electrons. The fourth-order valence-corrected chi connectivity index (χ4v) is 3.70. The Labute approximate surface area is 152 Å². The smallest absolute Gasteiger partial charge is 0.116 e. The molecule has 4 rings (SSSR count). The number of aromatic nitrogens is 2. The van der Waals surface area contributed by atoms with Crippen LogP contribution in [0.25, 0.3) is 32.6 Å². The molecule has 134 valence electrons. The standard InChI is InChI=1S/C21H23N3O2/c1-13-18-12-24(8-10-26-9-6-22)7-5-16(18)14(2)21-20(13)17-11-15(25)3-4-19(17)23-21/h3-5,7,11-12,25H,6,8-10,22H2,1-2H3. The van der Waals surface area contributed by atoms with Crippen LogP contribution < -0.4 is 5.73 Å². The van der Waals surface area contributed by atoms with E-state index >= 15 is 0 Å². The lowest BCUT2D eigenvalue weighted by molar-refractivity contribution is 0.133. The highest BCUT2D eigenvalue weighted by atomic mass is 16.5. The van der Waals surface area contributed by atoms with Crippen molar-refractivity contribution in [2.75, 3.05) is 19.8 Å². The molecule has 0 unspecified atom stereocenters. The molecule has 0 saturated heterocycles. The maximum absolute atomic E-state index is 9.91. The minimum absolute atomic E-state index is 0.268. The van der Waals surface area contributed by atoms with Gasteiger partial charge >= 0.3 is 0 Å². The van der Waals surface area contributed by atoms with Crippen molar-refractivity contribution in [1.82, 2.24) is 9.55 Å². The molecule has 0 aliphatic heterocycles. The molecule has 26 heavy (non-hydrogen) atoms. The predicted molar refractivity (Wildman–Crippen MR) is 106 cm³/mol. The van der Waals surface area contributed by atoms with Crippen molar-refractivity contribution in [1.29, 1.82) is 0 Å². The summed E-state index contributed by atoms with van der Waals surface area (Å²) in [6, 6.07) is 7.52. The van der Waals surface area contributed by atoms with Crippen LogP contribution in [0.1, 0.15) is 11.1 Å². The van der Waals surface area contributed by atoms with Crippen molar-refractivity contribution in [2.24, 2.45) is 5.73 Å². The number of phenols is 1. The molecule has 0 spiro atoms. The second-order valence-corrected chi connectivity index (χ2v) is 6.70. The average molecular weight is 349 g/mol. The van der Waals surface area contributed by atoms with Gasteiger partial charge < -0.3 is 20.1 Å². The van der Waals surface area contributed by atoms with Gasteiger partial charge in [-0.05, 0) is 54.6 Å². The van der Waals surface area contributed by atoms with E-state index in [-0.39, 0.29) is 5.75 Å². The van der Waals surface area contributed by atoms with Crippen molar-refractivity contribution in [3.8, 4) is 5.75 Å². The number of rotatable bonds is 5. The van der Waals surface area contributed by atoms with Gasteiger partial charge in [-0.2, -0.15) is 0 Å². The Morgan fingerprint density at radius 2 is 1.92 bits per heavy atom. The molecular formula is C21H23N3O2. The van der Waals surface area contributed by atoms with Gasteiger partial charge in [0.25, 0.3) is 0 Å². The zero-order chi connectivity index (χ0) is 18.3. The van der Waals surface area contributed by atoms with Gasteiger partial charge in [-0.3, -0.25) is 0 Å². The van der Waals surface area contributed by atoms with Crippen molar-refractivity contribution >= 4 is 32.6 Å². The lowest BCUT2D eigenvalue weighted by Crippen LogP contribution is -2.12. The highest BCUT2D eigenvalue weighted by Gasteiger charge is 2.15. The Hall–Kier alpha value is -2.63. The Bertz CT molecular complexity index is 1120. The molecule has 2 aromatic carbocycles. The van der Waals surface area contributed by atoms with Crippen LogP contribution in [0.4, 0.5) is 0 Å². The number of nitrogens with two attached hydrogens (primary N) is 1. The van der Waals surface area contributed by atoms with Crippen LogP contribution in [0.3, 0.4) is 0 Å². The van der Waals surface area contributed by atoms with Crippen LogP contribution in [0.2, 0.25) is 0 Å². The van der Waals surface area contributed by atoms with Crippen LogP contribution in [0.15, 0.2) is 36.7 Å². The summed E-state index contributed by atoms with van der Waals surface area (Å²) in [5.41, 5.74) is 9.75. The highest BCUT2D eigenvalue weighted by molar-refractivity contribution is 6.16. The number of fused-ring (bicyclic) bond motifs is 4. The summed E-state index contributed by atoms with van der Waals surface area (Å²) in [7, 11) is 0. The number of aromatic hydroxyl groups is 1. The van der Waals surface area contributed by atoms with Crippen LogP contribution in [-0.2, 0) is 11.3 Å². The topological polar surface area (TPSA) is 73.3 Å². The molecule has 0 atom stereocenters. The fourth-order valence-electron chi connectivity index (χ4n) is 3.70. The number of nitrogens with zero attached hydrogens (tertiary/aromatic N) is 2. The van der Waals surface area contributed by atoms with Gasteiger partial charge in [0.05, 0.1) is 24.2 Å². The lowest BCUT2D eigenvalue weighted by Gasteiger charge is -2.13. The Balaban J connectivity index is 1.90. The Morgan fingerprint density at radius 3 is 2.73 bits per heavy atom. The number of aryl methyl sites for hydroxylation is 2. The molecule has 4 aromatic rings. The SMILES string of the molecule is Cc1c2ccn(CCOCCN)cc2c(C)c2c1nc1ccc(O)cc12. The summed E-state index contributed by atoms with van der Waals surface area (Å²) >= 11 is 0. The number of hydrogen-bond acceptors (Lipinski definition) is 4. The third-order valence-electron chi connectivity index (χ3n) is 5.03. The Kier molecular flexibility index (Phi) is 4.26. The monoisotopic (exact) mass is 349 g/mol. The van der Waals surface area contributed by atoms with E-state index in [9.17, 15) is 5.11 Å². The van der Waals surface area contributed by atoms with Crippen LogP contribution in [0, 0.1) is 13.8 Å². The molecule has 2 aromatic heterocycles. The van der Waals surface area contributed by atoms with E-state index in [1.54, 1.807) is 12.1 Å². The minimum atomic E-state index is 0.268. The van der Waals surface area contributed by atoms with Crippen LogP contribution >= 0.6 is 0 Å². The molecule has 0 amide bonds. The van der Waals surface area contributed by atoms with Gasteiger partial charge in [0.15, 0.2) is 0 Å². The molecule has 0 aliphatic rings. The number of phenolic OH excluding ortho intramolecular Hbond substituents is 1. The van der Waals surface area contributed by atoms with E-state index in [2.05, 4.69) is 36.9 Å². The van der Waals surface area contributed by atoms with Crippen molar-refractivity contribution in [3.63, 3.8) is 0 Å². The number of pyridine rings is 1. The van der Waals surface area contributed by atoms with Crippen LogP contribution in [-0.4, -0.2) is 34.4 Å². The van der Waals surface area contributed by atoms with Crippen molar-refractivity contribution in [3.05, 3.63) is 47.8 Å². The summed E-state index contributed by atoms with van der Waals surface area (Å²) in [5.74, 6) is 0.268. The third-order valence-corrected chi connectivity index (χ3v) is 5.03. The first kappa shape index (κ1) is 16.8. The largest absolute Gasteiger partial charge is 0.508 e. The van der Waals surface area contributed by atoms with Gasteiger partial charge in [-0.25, -0.2) is 4.98 Å². The van der Waals surface area contributed by atoms with Crippen molar-refractivity contribution < 1.29 is 9.84 Å². The van der Waals surface area contributed by atoms with Gasteiger partial charge in [-0.15, -0.1) is 0 Å². The number of ether oxygens (including phenoxy) is 1. The van der Waals surface area contributed by atoms with E-state index in [1.807, 2.05) is 6.07 Å². The first-order chi connectivity index (χ1) is 12.6. The molecule has 0 fully saturated rings. The molecule has 3 N–H and O–H groups in total. The Morgan fingerprint density at radius 1 is 1.08 bits per heavy atom. The maximum Gasteiger partial charge on any atom is 0.116 e. The second-order valence-electron chi connectivity index (χ2n) is 6.70. The van der Waals surface area contributed by atoms with Gasteiger partial charge in [0, 0.05) is 41.6 Å². The minimum Gasteiger partial charge on any atom is -0.508 e. The van der Waals surface area contributed by atoms with Gasteiger partial charge in [-0.1, -0.05) is 0 Å². The zero-order valence-electron chi connectivity index (χ0n) is 15.1. The molecular weight excluding hydrogens is 326 g/mol. The second kappa shape index (κ2) is 6.59. The van der Waals surface area contributed by atoms with E-state index < -0.39 is 0 Å². The quantitative estimate of drug-likeness (QED) is 0.540. The lowest BCUT2D eigenvalue weighted by atomic mass is 9.97. The normalized spacial score (nSPS) is 11.8. The summed E-state index contributed by atoms with van der Waals surface area (Å²) in [6.07, 6.45) is 4.26. The zero-order valence-corrected chi connectivity index (χ0v) is 15.1. The first-order valence-electron chi connectivity index (χ1n) is 8.89. The molecule has 5 nitrogen and oxygen atoms in total. The summed E-state index contributed by atoms with van der Waals surface area (Å²) in [4.78, 5) is 4.81. The van der Waals surface area contributed by atoms with E-state index in [0.717, 1.165) is 28.4 Å². The van der Waals surface area contributed by atoms with Gasteiger partial charge in [0.2, 0.25) is 0 Å². The maximum atomic E-state index is 9.91. The summed E-state index contributed by atoms with van der Waals surface area (Å²) < 4.78 is 7.64. The molecule has 2 heterocycles. The van der Waals surface area contributed by atoms with E-state index in [1.165, 1.54) is 21.9 Å². The molecule has 0 bridgehead atoms. The summed E-state index contributed by atoms with van der Waals surface area (Å²) in [6.45, 7) is 6.80. The number of hydrogen-bond donors (Lipinski definition) is 2. The average Bonchev–Trinajstić information content (AvgIpc) is 3.02. The predicted octanol–water partition coefficient (Wildman–Crippen LogP) is 3.64. The van der Waals surface area contributed by atoms with Gasteiger partial charge in [0.1, 0.15) is 5.75 Å². The highest BCUT2D eigenvalue weighted by Crippen LogP contribution is 2.37. The summed E-state index contributed by atoms with van der Waals surface area (Å²) in [5, 5.41) is 14.5. The van der Waals surface area contributed by atoms with E-state index in [0.29, 0.717) is 19.8 Å². The fraction of sp³-hybridized carbons (Fsp3) is 0.286. The van der Waals surface area contributed by atoms with E-state index in [4.69, 9.17) is 15.5 Å². The molecule has 5 heteroatoms. The molecule has 0 aliphatic carbocycles. The third kappa shape index (κ3) is 2.69. The molecule has 0 saturated carbocycles. The first-order valence-corrected chi connectivity index (χ1v) is 8.89. The van der Waals surface area contributed by atoms with Crippen LogP contribution in [0.5, 0.6) is 5.75 Å².